The Morgan fingerprint density at radius 1 is 1.47 bits per heavy atom. The zero-order chi connectivity index (χ0) is 12.6. The van der Waals surface area contributed by atoms with Gasteiger partial charge in [0.1, 0.15) is 0 Å². The molecule has 0 amide bonds. The van der Waals surface area contributed by atoms with Crippen LogP contribution in [0.15, 0.2) is 19.6 Å². The van der Waals surface area contributed by atoms with Gasteiger partial charge in [-0.1, -0.05) is 0 Å². The second-order valence-electron chi connectivity index (χ2n) is 3.71. The van der Waals surface area contributed by atoms with Crippen molar-refractivity contribution in [3.05, 3.63) is 25.8 Å². The molecule has 0 aromatic carbocycles. The molecule has 6 heteroatoms. The van der Waals surface area contributed by atoms with E-state index < -0.39 is 0 Å². The molecular weight excluding hydrogens is 368 g/mol. The van der Waals surface area contributed by atoms with Crippen LogP contribution in [-0.2, 0) is 0 Å². The van der Waals surface area contributed by atoms with Crippen molar-refractivity contribution >= 4 is 43.2 Å². The van der Waals surface area contributed by atoms with Crippen LogP contribution in [0.4, 0.5) is 0 Å². The molecule has 0 bridgehead atoms. The van der Waals surface area contributed by atoms with Crippen LogP contribution in [0.1, 0.15) is 23.5 Å². The van der Waals surface area contributed by atoms with Crippen LogP contribution in [0, 0.1) is 6.92 Å². The third-order valence-corrected chi connectivity index (χ3v) is 5.58. The van der Waals surface area contributed by atoms with Gasteiger partial charge in [0.25, 0.3) is 0 Å². The molecule has 2 aromatic rings. The summed E-state index contributed by atoms with van der Waals surface area (Å²) in [5, 5.41) is 4.13. The topological polar surface area (TPSA) is 38.1 Å². The van der Waals surface area contributed by atoms with Gasteiger partial charge in [-0.2, -0.15) is 0 Å². The lowest BCUT2D eigenvalue weighted by Gasteiger charge is -2.06. The number of aromatic nitrogens is 1. The molecule has 2 rings (SSSR count). The highest BCUT2D eigenvalue weighted by atomic mass is 79.9. The molecule has 17 heavy (non-hydrogen) atoms. The number of nitrogens with zero attached hydrogens (tertiary/aromatic N) is 1. The van der Waals surface area contributed by atoms with E-state index in [4.69, 9.17) is 4.42 Å². The van der Waals surface area contributed by atoms with Crippen LogP contribution in [0.25, 0.3) is 10.8 Å². The van der Waals surface area contributed by atoms with Crippen molar-refractivity contribution in [3.63, 3.8) is 0 Å². The van der Waals surface area contributed by atoms with Crippen LogP contribution in [0.2, 0.25) is 0 Å². The molecule has 2 heterocycles. The highest BCUT2D eigenvalue weighted by molar-refractivity contribution is 9.13. The van der Waals surface area contributed by atoms with Crippen molar-refractivity contribution < 1.29 is 4.42 Å². The summed E-state index contributed by atoms with van der Waals surface area (Å²) < 4.78 is 7.18. The van der Waals surface area contributed by atoms with Gasteiger partial charge >= 0.3 is 0 Å². The van der Waals surface area contributed by atoms with Gasteiger partial charge < -0.3 is 9.73 Å². The Labute approximate surface area is 121 Å². The van der Waals surface area contributed by atoms with Gasteiger partial charge in [-0.05, 0) is 52.8 Å². The molecule has 0 aliphatic carbocycles. The monoisotopic (exact) mass is 378 g/mol. The number of thiazole rings is 1. The summed E-state index contributed by atoms with van der Waals surface area (Å²) in [6, 6.07) is 2.24. The predicted molar refractivity (Wildman–Crippen MR) is 77.4 cm³/mol. The van der Waals surface area contributed by atoms with Crippen molar-refractivity contribution in [2.75, 3.05) is 7.05 Å². The Balaban J connectivity index is 2.40. The van der Waals surface area contributed by atoms with Crippen LogP contribution < -0.4 is 5.32 Å². The van der Waals surface area contributed by atoms with Crippen LogP contribution in [0.3, 0.4) is 0 Å². The lowest BCUT2D eigenvalue weighted by molar-refractivity contribution is 0.553. The number of nitrogens with one attached hydrogen (secondary N) is 1. The minimum atomic E-state index is 0.308. The average molecular weight is 380 g/mol. The molecule has 0 aliphatic heterocycles. The number of hydrogen-bond donors (Lipinski definition) is 1. The summed E-state index contributed by atoms with van der Waals surface area (Å²) in [7, 11) is 1.95. The van der Waals surface area contributed by atoms with Crippen molar-refractivity contribution in [1.82, 2.24) is 10.3 Å². The average Bonchev–Trinajstić information content (AvgIpc) is 2.82. The lowest BCUT2D eigenvalue weighted by Crippen LogP contribution is -2.11. The molecule has 1 atom stereocenters. The smallest absolute Gasteiger partial charge is 0.184 e. The molecule has 1 N–H and O–H groups in total. The predicted octanol–water partition coefficient (Wildman–Crippen LogP) is 4.52. The largest absolute Gasteiger partial charge is 0.446 e. The number of rotatable bonds is 3. The Bertz CT molecular complexity index is 516. The van der Waals surface area contributed by atoms with Crippen molar-refractivity contribution in [1.29, 1.82) is 0 Å². The Kier molecular flexibility index (Phi) is 4.07. The molecule has 0 aliphatic rings. The summed E-state index contributed by atoms with van der Waals surface area (Å²) in [6.45, 7) is 4.15. The van der Waals surface area contributed by atoms with Crippen LogP contribution in [-0.4, -0.2) is 12.0 Å². The molecular formula is C11H12Br2N2OS. The van der Waals surface area contributed by atoms with E-state index in [0.717, 1.165) is 20.9 Å². The van der Waals surface area contributed by atoms with E-state index in [9.17, 15) is 0 Å². The standard InChI is InChI=1S/C11H12Br2N2OS/c1-5(14-3)9-6(2)15-11(17-9)8-4-7(12)10(13)16-8/h4-5,14H,1-3H3. The summed E-state index contributed by atoms with van der Waals surface area (Å²) in [4.78, 5) is 5.79. The first-order valence-electron chi connectivity index (χ1n) is 5.12. The molecule has 92 valence electrons. The lowest BCUT2D eigenvalue weighted by atomic mass is 10.2. The fourth-order valence-electron chi connectivity index (χ4n) is 1.50. The zero-order valence-electron chi connectivity index (χ0n) is 9.67. The molecule has 0 saturated heterocycles. The maximum atomic E-state index is 5.58. The van der Waals surface area contributed by atoms with Crippen molar-refractivity contribution in [3.8, 4) is 10.8 Å². The molecule has 3 nitrogen and oxygen atoms in total. The van der Waals surface area contributed by atoms with E-state index >= 15 is 0 Å². The van der Waals surface area contributed by atoms with Gasteiger partial charge in [0, 0.05) is 17.0 Å². The Hall–Kier alpha value is -0.170. The van der Waals surface area contributed by atoms with E-state index in [0.29, 0.717) is 10.7 Å². The van der Waals surface area contributed by atoms with Gasteiger partial charge in [0.2, 0.25) is 0 Å². The zero-order valence-corrected chi connectivity index (χ0v) is 13.7. The summed E-state index contributed by atoms with van der Waals surface area (Å²) in [5.41, 5.74) is 1.05. The minimum absolute atomic E-state index is 0.308. The minimum Gasteiger partial charge on any atom is -0.446 e. The van der Waals surface area contributed by atoms with Gasteiger partial charge in [0.05, 0.1) is 10.2 Å². The Morgan fingerprint density at radius 3 is 2.71 bits per heavy atom. The SMILES string of the molecule is CNC(C)c1sc(-c2cc(Br)c(Br)o2)nc1C. The van der Waals surface area contributed by atoms with Gasteiger partial charge in [0.15, 0.2) is 15.4 Å². The fourth-order valence-corrected chi connectivity index (χ4v) is 3.16. The number of furan rings is 1. The normalized spacial score (nSPS) is 13.0. The Morgan fingerprint density at radius 2 is 2.18 bits per heavy atom. The summed E-state index contributed by atoms with van der Waals surface area (Å²) in [6.07, 6.45) is 0. The highest BCUT2D eigenvalue weighted by Crippen LogP contribution is 2.36. The number of halogens is 2. The second kappa shape index (κ2) is 5.22. The number of aryl methyl sites for hydroxylation is 1. The van der Waals surface area contributed by atoms with Gasteiger partial charge in [-0.3, -0.25) is 0 Å². The van der Waals surface area contributed by atoms with Crippen molar-refractivity contribution in [2.45, 2.75) is 19.9 Å². The highest BCUT2D eigenvalue weighted by Gasteiger charge is 2.17. The number of hydrogen-bond acceptors (Lipinski definition) is 4. The van der Waals surface area contributed by atoms with Crippen LogP contribution in [0.5, 0.6) is 0 Å². The van der Waals surface area contributed by atoms with Crippen molar-refractivity contribution in [2.24, 2.45) is 0 Å². The van der Waals surface area contributed by atoms with Gasteiger partial charge in [-0.25, -0.2) is 4.98 Å². The quantitative estimate of drug-likeness (QED) is 0.851. The van der Waals surface area contributed by atoms with E-state index in [-0.39, 0.29) is 0 Å². The second-order valence-corrected chi connectivity index (χ2v) is 6.32. The van der Waals surface area contributed by atoms with E-state index in [1.165, 1.54) is 4.88 Å². The molecule has 0 saturated carbocycles. The first kappa shape index (κ1) is 13.3. The maximum absolute atomic E-state index is 5.58. The molecule has 1 unspecified atom stereocenters. The third-order valence-electron chi connectivity index (χ3n) is 2.51. The van der Waals surface area contributed by atoms with Crippen LogP contribution >= 0.6 is 43.2 Å². The fraction of sp³-hybridized carbons (Fsp3) is 0.364. The summed E-state index contributed by atoms with van der Waals surface area (Å²) >= 11 is 8.40. The third kappa shape index (κ3) is 2.65. The van der Waals surface area contributed by atoms with Gasteiger partial charge in [-0.15, -0.1) is 11.3 Å². The first-order chi connectivity index (χ1) is 8.02. The van der Waals surface area contributed by atoms with E-state index in [2.05, 4.69) is 49.1 Å². The molecule has 0 spiro atoms. The maximum Gasteiger partial charge on any atom is 0.184 e. The summed E-state index contributed by atoms with van der Waals surface area (Å²) in [5.74, 6) is 0.784. The molecule has 0 fully saturated rings. The first-order valence-corrected chi connectivity index (χ1v) is 7.53. The van der Waals surface area contributed by atoms with E-state index in [1.807, 2.05) is 20.0 Å². The molecule has 2 aromatic heterocycles. The molecule has 0 radical (unpaired) electrons. The van der Waals surface area contributed by atoms with E-state index in [1.54, 1.807) is 11.3 Å².